The zero-order valence-corrected chi connectivity index (χ0v) is 13.6. The fourth-order valence-corrected chi connectivity index (χ4v) is 2.60. The molecular weight excluding hydrogens is 316 g/mol. The molecule has 0 bridgehead atoms. The number of furan rings is 1. The van der Waals surface area contributed by atoms with E-state index in [9.17, 15) is 0 Å². The Bertz CT molecular complexity index is 551. The second-order valence-electron chi connectivity index (χ2n) is 4.86. The molecule has 2 rings (SSSR count). The SMILES string of the molecule is CNCCCNCc1ccc(-c2ccc(Br)cc2C)o1. The van der Waals surface area contributed by atoms with E-state index in [1.54, 1.807) is 0 Å². The molecule has 108 valence electrons. The van der Waals surface area contributed by atoms with Crippen molar-refractivity contribution in [2.45, 2.75) is 19.9 Å². The number of rotatable bonds is 7. The van der Waals surface area contributed by atoms with Crippen LogP contribution in [0.4, 0.5) is 0 Å². The number of hydrogen-bond acceptors (Lipinski definition) is 3. The van der Waals surface area contributed by atoms with Gasteiger partial charge in [0, 0.05) is 10.0 Å². The lowest BCUT2D eigenvalue weighted by molar-refractivity contribution is 0.489. The average Bonchev–Trinajstić information content (AvgIpc) is 2.87. The van der Waals surface area contributed by atoms with Crippen LogP contribution >= 0.6 is 15.9 Å². The van der Waals surface area contributed by atoms with Crippen LogP contribution in [-0.2, 0) is 6.54 Å². The van der Waals surface area contributed by atoms with Crippen molar-refractivity contribution in [3.63, 3.8) is 0 Å². The fraction of sp³-hybridized carbons (Fsp3) is 0.375. The lowest BCUT2D eigenvalue weighted by Gasteiger charge is -2.04. The molecule has 2 aromatic rings. The Labute approximate surface area is 128 Å². The minimum Gasteiger partial charge on any atom is -0.460 e. The van der Waals surface area contributed by atoms with Gasteiger partial charge in [-0.25, -0.2) is 0 Å². The molecule has 4 heteroatoms. The van der Waals surface area contributed by atoms with E-state index < -0.39 is 0 Å². The van der Waals surface area contributed by atoms with E-state index in [-0.39, 0.29) is 0 Å². The molecule has 0 saturated carbocycles. The summed E-state index contributed by atoms with van der Waals surface area (Å²) in [7, 11) is 1.97. The predicted molar refractivity (Wildman–Crippen MR) is 86.8 cm³/mol. The Morgan fingerprint density at radius 2 is 2.00 bits per heavy atom. The highest BCUT2D eigenvalue weighted by Gasteiger charge is 2.07. The van der Waals surface area contributed by atoms with Crippen LogP contribution in [0.1, 0.15) is 17.7 Å². The van der Waals surface area contributed by atoms with Gasteiger partial charge in [-0.15, -0.1) is 0 Å². The largest absolute Gasteiger partial charge is 0.460 e. The number of nitrogens with one attached hydrogen (secondary N) is 2. The van der Waals surface area contributed by atoms with Gasteiger partial charge in [-0.3, -0.25) is 0 Å². The second kappa shape index (κ2) is 7.62. The Balaban J connectivity index is 1.95. The first-order valence-corrected chi connectivity index (χ1v) is 7.70. The van der Waals surface area contributed by atoms with Gasteiger partial charge in [-0.2, -0.15) is 0 Å². The number of hydrogen-bond donors (Lipinski definition) is 2. The Hall–Kier alpha value is -1.10. The van der Waals surface area contributed by atoms with Crippen LogP contribution in [0.3, 0.4) is 0 Å². The van der Waals surface area contributed by atoms with Gasteiger partial charge in [-0.1, -0.05) is 15.9 Å². The van der Waals surface area contributed by atoms with Crippen LogP contribution in [0, 0.1) is 6.92 Å². The zero-order chi connectivity index (χ0) is 14.4. The molecular formula is C16H21BrN2O. The Morgan fingerprint density at radius 3 is 2.75 bits per heavy atom. The van der Waals surface area contributed by atoms with E-state index in [1.165, 1.54) is 5.56 Å². The van der Waals surface area contributed by atoms with E-state index >= 15 is 0 Å². The summed E-state index contributed by atoms with van der Waals surface area (Å²) < 4.78 is 7.00. The predicted octanol–water partition coefficient (Wildman–Crippen LogP) is 3.72. The molecule has 3 nitrogen and oxygen atoms in total. The highest BCUT2D eigenvalue weighted by Crippen LogP contribution is 2.27. The van der Waals surface area contributed by atoms with Crippen molar-refractivity contribution in [2.24, 2.45) is 0 Å². The highest BCUT2D eigenvalue weighted by molar-refractivity contribution is 9.10. The first-order valence-electron chi connectivity index (χ1n) is 6.91. The summed E-state index contributed by atoms with van der Waals surface area (Å²) in [6.07, 6.45) is 1.12. The summed E-state index contributed by atoms with van der Waals surface area (Å²) in [5.74, 6) is 1.91. The van der Waals surface area contributed by atoms with Gasteiger partial charge >= 0.3 is 0 Å². The first kappa shape index (κ1) is 15.3. The van der Waals surface area contributed by atoms with Crippen LogP contribution in [0.5, 0.6) is 0 Å². The van der Waals surface area contributed by atoms with Gasteiger partial charge < -0.3 is 15.1 Å². The van der Waals surface area contributed by atoms with Crippen LogP contribution < -0.4 is 10.6 Å². The lowest BCUT2D eigenvalue weighted by atomic mass is 10.1. The molecule has 0 saturated heterocycles. The summed E-state index contributed by atoms with van der Waals surface area (Å²) in [6.45, 7) is 4.90. The third-order valence-corrected chi connectivity index (χ3v) is 3.69. The molecule has 20 heavy (non-hydrogen) atoms. The number of halogens is 1. The van der Waals surface area contributed by atoms with Crippen molar-refractivity contribution in [2.75, 3.05) is 20.1 Å². The van der Waals surface area contributed by atoms with Crippen LogP contribution in [-0.4, -0.2) is 20.1 Å². The van der Waals surface area contributed by atoms with Crippen molar-refractivity contribution in [3.05, 3.63) is 46.1 Å². The molecule has 0 unspecified atom stereocenters. The molecule has 0 aliphatic heterocycles. The smallest absolute Gasteiger partial charge is 0.134 e. The Kier molecular flexibility index (Phi) is 5.83. The minimum atomic E-state index is 0.777. The summed E-state index contributed by atoms with van der Waals surface area (Å²) in [5.41, 5.74) is 2.36. The first-order chi connectivity index (χ1) is 9.70. The highest BCUT2D eigenvalue weighted by atomic mass is 79.9. The molecule has 0 fully saturated rings. The third-order valence-electron chi connectivity index (χ3n) is 3.20. The second-order valence-corrected chi connectivity index (χ2v) is 5.77. The molecule has 0 spiro atoms. The summed E-state index contributed by atoms with van der Waals surface area (Å²) in [5, 5.41) is 6.52. The average molecular weight is 337 g/mol. The van der Waals surface area contributed by atoms with Crippen LogP contribution in [0.2, 0.25) is 0 Å². The van der Waals surface area contributed by atoms with Gasteiger partial charge in [0.15, 0.2) is 0 Å². The maximum Gasteiger partial charge on any atom is 0.134 e. The van der Waals surface area contributed by atoms with Crippen molar-refractivity contribution < 1.29 is 4.42 Å². The van der Waals surface area contributed by atoms with Crippen molar-refractivity contribution in [1.82, 2.24) is 10.6 Å². The van der Waals surface area contributed by atoms with Gasteiger partial charge in [0.25, 0.3) is 0 Å². The standard InChI is InChI=1S/C16H21BrN2O/c1-12-10-13(17)4-6-15(12)16-7-5-14(20-16)11-19-9-3-8-18-2/h4-7,10,18-19H,3,8-9,11H2,1-2H3. The summed E-state index contributed by atoms with van der Waals surface area (Å²) >= 11 is 3.48. The molecule has 2 N–H and O–H groups in total. The van der Waals surface area contributed by atoms with Gasteiger partial charge in [-0.05, 0) is 69.4 Å². The van der Waals surface area contributed by atoms with Crippen molar-refractivity contribution >= 4 is 15.9 Å². The van der Waals surface area contributed by atoms with Gasteiger partial charge in [0.05, 0.1) is 6.54 Å². The fourth-order valence-electron chi connectivity index (χ4n) is 2.12. The molecule has 0 aliphatic carbocycles. The molecule has 1 aromatic heterocycles. The van der Waals surface area contributed by atoms with Crippen molar-refractivity contribution in [3.8, 4) is 11.3 Å². The normalized spacial score (nSPS) is 10.9. The summed E-state index contributed by atoms with van der Waals surface area (Å²) in [4.78, 5) is 0. The van der Waals surface area contributed by atoms with E-state index in [0.717, 1.165) is 47.6 Å². The summed E-state index contributed by atoms with van der Waals surface area (Å²) in [6, 6.07) is 10.3. The maximum atomic E-state index is 5.90. The minimum absolute atomic E-state index is 0.777. The maximum absolute atomic E-state index is 5.90. The number of benzene rings is 1. The van der Waals surface area contributed by atoms with E-state index in [0.29, 0.717) is 0 Å². The van der Waals surface area contributed by atoms with Gasteiger partial charge in [0.2, 0.25) is 0 Å². The van der Waals surface area contributed by atoms with E-state index in [1.807, 2.05) is 25.2 Å². The quantitative estimate of drug-likeness (QED) is 0.756. The molecule has 0 atom stereocenters. The molecule has 1 aromatic carbocycles. The lowest BCUT2D eigenvalue weighted by Crippen LogP contribution is -2.19. The Morgan fingerprint density at radius 1 is 1.15 bits per heavy atom. The molecule has 1 heterocycles. The topological polar surface area (TPSA) is 37.2 Å². The van der Waals surface area contributed by atoms with E-state index in [2.05, 4.69) is 45.6 Å². The number of aryl methyl sites for hydroxylation is 1. The monoisotopic (exact) mass is 336 g/mol. The van der Waals surface area contributed by atoms with E-state index in [4.69, 9.17) is 4.42 Å². The molecule has 0 aliphatic rings. The molecule has 0 radical (unpaired) electrons. The van der Waals surface area contributed by atoms with Crippen LogP contribution in [0.15, 0.2) is 39.2 Å². The zero-order valence-electron chi connectivity index (χ0n) is 12.0. The van der Waals surface area contributed by atoms with Gasteiger partial charge in [0.1, 0.15) is 11.5 Å². The third kappa shape index (κ3) is 4.20. The van der Waals surface area contributed by atoms with Crippen LogP contribution in [0.25, 0.3) is 11.3 Å². The van der Waals surface area contributed by atoms with Crippen molar-refractivity contribution in [1.29, 1.82) is 0 Å². The molecule has 0 amide bonds.